The van der Waals surface area contributed by atoms with E-state index in [9.17, 15) is 0 Å². The van der Waals surface area contributed by atoms with Gasteiger partial charge in [0.15, 0.2) is 5.79 Å². The van der Waals surface area contributed by atoms with E-state index in [-0.39, 0.29) is 11.2 Å². The summed E-state index contributed by atoms with van der Waals surface area (Å²) in [5.41, 5.74) is 1.31. The molecule has 2 fully saturated rings. The lowest BCUT2D eigenvalue weighted by Crippen LogP contribution is -2.41. The van der Waals surface area contributed by atoms with Crippen molar-refractivity contribution in [3.8, 4) is 0 Å². The third-order valence-corrected chi connectivity index (χ3v) is 4.70. The second kappa shape index (κ2) is 4.58. The number of rotatable bonds is 1. The van der Waals surface area contributed by atoms with Gasteiger partial charge in [-0.3, -0.25) is 0 Å². The standard InChI is InChI=1S/C14H18BrNO2/c1-13(11-3-2-4-12(15)16-11)5-7-14(8-6-13)17-9-10-18-14/h2-4H,5-10H2,1H3. The minimum atomic E-state index is -0.286. The number of aromatic nitrogens is 1. The summed E-state index contributed by atoms with van der Waals surface area (Å²) in [6.07, 6.45) is 4.07. The van der Waals surface area contributed by atoms with Crippen molar-refractivity contribution >= 4 is 15.9 Å². The van der Waals surface area contributed by atoms with E-state index < -0.39 is 0 Å². The Labute approximate surface area is 116 Å². The first-order valence-corrected chi connectivity index (χ1v) is 7.32. The van der Waals surface area contributed by atoms with Gasteiger partial charge in [-0.15, -0.1) is 0 Å². The Morgan fingerprint density at radius 3 is 2.39 bits per heavy atom. The van der Waals surface area contributed by atoms with Gasteiger partial charge in [0.1, 0.15) is 4.60 Å². The molecule has 0 unspecified atom stereocenters. The molecule has 0 aromatic carbocycles. The molecule has 1 aromatic heterocycles. The maximum atomic E-state index is 5.78. The minimum Gasteiger partial charge on any atom is -0.348 e. The molecule has 1 saturated heterocycles. The highest BCUT2D eigenvalue weighted by Crippen LogP contribution is 2.45. The smallest absolute Gasteiger partial charge is 0.168 e. The van der Waals surface area contributed by atoms with Crippen LogP contribution < -0.4 is 0 Å². The minimum absolute atomic E-state index is 0.143. The summed E-state index contributed by atoms with van der Waals surface area (Å²) in [7, 11) is 0. The SMILES string of the molecule is CC1(c2cccc(Br)n2)CCC2(CC1)OCCO2. The Bertz CT molecular complexity index is 433. The Kier molecular flexibility index (Phi) is 3.20. The second-order valence-electron chi connectivity index (χ2n) is 5.51. The van der Waals surface area contributed by atoms with Crippen molar-refractivity contribution in [1.29, 1.82) is 0 Å². The number of halogens is 1. The van der Waals surface area contributed by atoms with Crippen molar-refractivity contribution in [3.05, 3.63) is 28.5 Å². The van der Waals surface area contributed by atoms with Crippen molar-refractivity contribution in [2.45, 2.75) is 43.8 Å². The fourth-order valence-electron chi connectivity index (χ4n) is 2.97. The van der Waals surface area contributed by atoms with Gasteiger partial charge in [-0.05, 0) is 40.9 Å². The largest absolute Gasteiger partial charge is 0.348 e. The summed E-state index contributed by atoms with van der Waals surface area (Å²) >= 11 is 3.45. The van der Waals surface area contributed by atoms with Crippen LogP contribution in [0.5, 0.6) is 0 Å². The first-order chi connectivity index (χ1) is 8.62. The molecular formula is C14H18BrNO2. The molecule has 1 aliphatic heterocycles. The van der Waals surface area contributed by atoms with Crippen LogP contribution in [0.2, 0.25) is 0 Å². The van der Waals surface area contributed by atoms with Gasteiger partial charge in [0, 0.05) is 24.0 Å². The third-order valence-electron chi connectivity index (χ3n) is 4.26. The first kappa shape index (κ1) is 12.6. The Hall–Kier alpha value is -0.450. The fourth-order valence-corrected chi connectivity index (χ4v) is 3.31. The topological polar surface area (TPSA) is 31.4 Å². The zero-order valence-corrected chi connectivity index (χ0v) is 12.2. The molecule has 1 aliphatic carbocycles. The van der Waals surface area contributed by atoms with Crippen molar-refractivity contribution in [3.63, 3.8) is 0 Å². The lowest BCUT2D eigenvalue weighted by atomic mass is 9.71. The van der Waals surface area contributed by atoms with Gasteiger partial charge in [-0.25, -0.2) is 4.98 Å². The Morgan fingerprint density at radius 1 is 1.11 bits per heavy atom. The molecule has 3 rings (SSSR count). The molecule has 1 spiro atoms. The molecule has 0 N–H and O–H groups in total. The summed E-state index contributed by atoms with van der Waals surface area (Å²) < 4.78 is 12.5. The van der Waals surface area contributed by atoms with E-state index in [4.69, 9.17) is 9.47 Å². The van der Waals surface area contributed by atoms with Crippen LogP contribution in [-0.2, 0) is 14.9 Å². The lowest BCUT2D eigenvalue weighted by molar-refractivity contribution is -0.184. The van der Waals surface area contributed by atoms with Crippen molar-refractivity contribution in [2.24, 2.45) is 0 Å². The summed E-state index contributed by atoms with van der Waals surface area (Å²) in [6.45, 7) is 3.78. The molecule has 18 heavy (non-hydrogen) atoms. The van der Waals surface area contributed by atoms with Gasteiger partial charge < -0.3 is 9.47 Å². The van der Waals surface area contributed by atoms with Crippen LogP contribution in [0.4, 0.5) is 0 Å². The van der Waals surface area contributed by atoms with Crippen LogP contribution in [-0.4, -0.2) is 24.0 Å². The van der Waals surface area contributed by atoms with E-state index in [0.29, 0.717) is 0 Å². The second-order valence-corrected chi connectivity index (χ2v) is 6.33. The van der Waals surface area contributed by atoms with Crippen LogP contribution in [0.25, 0.3) is 0 Å². The predicted molar refractivity (Wildman–Crippen MR) is 72.4 cm³/mol. The number of nitrogens with zero attached hydrogens (tertiary/aromatic N) is 1. The molecule has 2 aliphatic rings. The maximum absolute atomic E-state index is 5.78. The predicted octanol–water partition coefficient (Wildman–Crippen LogP) is 3.42. The van der Waals surface area contributed by atoms with Crippen LogP contribution in [0, 0.1) is 0 Å². The molecule has 1 saturated carbocycles. The molecule has 0 bridgehead atoms. The highest BCUT2D eigenvalue weighted by Gasteiger charge is 2.45. The van der Waals surface area contributed by atoms with Crippen LogP contribution in [0.15, 0.2) is 22.8 Å². The van der Waals surface area contributed by atoms with Crippen molar-refractivity contribution in [2.75, 3.05) is 13.2 Å². The van der Waals surface area contributed by atoms with E-state index in [1.54, 1.807) is 0 Å². The van der Waals surface area contributed by atoms with Gasteiger partial charge in [0.05, 0.1) is 13.2 Å². The van der Waals surface area contributed by atoms with Gasteiger partial charge in [-0.2, -0.15) is 0 Å². The van der Waals surface area contributed by atoms with E-state index >= 15 is 0 Å². The summed E-state index contributed by atoms with van der Waals surface area (Å²) in [5.74, 6) is -0.286. The van der Waals surface area contributed by atoms with E-state index in [2.05, 4.69) is 40.0 Å². The summed E-state index contributed by atoms with van der Waals surface area (Å²) in [5, 5.41) is 0. The van der Waals surface area contributed by atoms with Crippen LogP contribution >= 0.6 is 15.9 Å². The molecule has 0 radical (unpaired) electrons. The maximum Gasteiger partial charge on any atom is 0.168 e. The molecule has 3 nitrogen and oxygen atoms in total. The average molecular weight is 312 g/mol. The Morgan fingerprint density at radius 2 is 1.78 bits per heavy atom. The molecule has 0 atom stereocenters. The summed E-state index contributed by atoms with van der Waals surface area (Å²) in [4.78, 5) is 4.62. The first-order valence-electron chi connectivity index (χ1n) is 6.53. The monoisotopic (exact) mass is 311 g/mol. The fraction of sp³-hybridized carbons (Fsp3) is 0.643. The highest BCUT2D eigenvalue weighted by atomic mass is 79.9. The number of hydrogen-bond donors (Lipinski definition) is 0. The van der Waals surface area contributed by atoms with Crippen LogP contribution in [0.3, 0.4) is 0 Å². The Balaban J connectivity index is 1.78. The molecule has 4 heteroatoms. The number of ether oxygens (including phenoxy) is 2. The number of pyridine rings is 1. The average Bonchev–Trinajstić information content (AvgIpc) is 2.83. The molecule has 0 amide bonds. The van der Waals surface area contributed by atoms with E-state index in [1.807, 2.05) is 6.07 Å². The quantitative estimate of drug-likeness (QED) is 0.745. The molecule has 1 aromatic rings. The zero-order chi connectivity index (χ0) is 12.6. The number of hydrogen-bond acceptors (Lipinski definition) is 3. The van der Waals surface area contributed by atoms with E-state index in [0.717, 1.165) is 43.5 Å². The van der Waals surface area contributed by atoms with Gasteiger partial charge in [0.2, 0.25) is 0 Å². The van der Waals surface area contributed by atoms with Gasteiger partial charge >= 0.3 is 0 Å². The van der Waals surface area contributed by atoms with Crippen molar-refractivity contribution < 1.29 is 9.47 Å². The van der Waals surface area contributed by atoms with Crippen molar-refractivity contribution in [1.82, 2.24) is 4.98 Å². The van der Waals surface area contributed by atoms with E-state index in [1.165, 1.54) is 5.69 Å². The highest BCUT2D eigenvalue weighted by molar-refractivity contribution is 9.10. The van der Waals surface area contributed by atoms with Gasteiger partial charge in [-0.1, -0.05) is 13.0 Å². The molecule has 2 heterocycles. The van der Waals surface area contributed by atoms with Crippen LogP contribution in [0.1, 0.15) is 38.3 Å². The zero-order valence-electron chi connectivity index (χ0n) is 10.6. The lowest BCUT2D eigenvalue weighted by Gasteiger charge is -2.41. The summed E-state index contributed by atoms with van der Waals surface area (Å²) in [6, 6.07) is 6.16. The molecular weight excluding hydrogens is 294 g/mol. The normalized spacial score (nSPS) is 25.4. The third kappa shape index (κ3) is 2.22. The van der Waals surface area contributed by atoms with Gasteiger partial charge in [0.25, 0.3) is 0 Å². The molecule has 98 valence electrons.